The van der Waals surface area contributed by atoms with E-state index in [0.29, 0.717) is 13.2 Å². The van der Waals surface area contributed by atoms with Crippen molar-refractivity contribution in [3.8, 4) is 0 Å². The molecule has 1 aliphatic heterocycles. The van der Waals surface area contributed by atoms with Gasteiger partial charge in [0.25, 0.3) is 0 Å². The van der Waals surface area contributed by atoms with Gasteiger partial charge < -0.3 is 10.5 Å². The Morgan fingerprint density at radius 1 is 1.50 bits per heavy atom. The third-order valence-electron chi connectivity index (χ3n) is 2.10. The third-order valence-corrected chi connectivity index (χ3v) is 2.84. The number of hydrogen-bond acceptors (Lipinski definition) is 2. The summed E-state index contributed by atoms with van der Waals surface area (Å²) in [6.45, 7) is 1.30. The largest absolute Gasteiger partial charge is 0.375 e. The summed E-state index contributed by atoms with van der Waals surface area (Å²) in [5.74, 6) is 0. The Hall–Kier alpha value is -0.380. The molecule has 0 saturated heterocycles. The predicted octanol–water partition coefficient (Wildman–Crippen LogP) is 1.98. The van der Waals surface area contributed by atoms with E-state index < -0.39 is 0 Å². The molecule has 0 aromatic heterocycles. The number of halogens is 1. The summed E-state index contributed by atoms with van der Waals surface area (Å²) in [6.07, 6.45) is 0. The van der Waals surface area contributed by atoms with Crippen molar-refractivity contribution in [2.45, 2.75) is 12.6 Å². The van der Waals surface area contributed by atoms with Gasteiger partial charge in [-0.05, 0) is 17.2 Å². The van der Waals surface area contributed by atoms with Crippen LogP contribution in [0.1, 0.15) is 17.2 Å². The second-order valence-electron chi connectivity index (χ2n) is 2.93. The number of hydrogen-bond donors (Lipinski definition) is 1. The summed E-state index contributed by atoms with van der Waals surface area (Å²) in [5.41, 5.74) is 8.26. The van der Waals surface area contributed by atoms with Gasteiger partial charge in [-0.25, -0.2) is 0 Å². The third kappa shape index (κ3) is 1.28. The first kappa shape index (κ1) is 8.23. The zero-order chi connectivity index (χ0) is 8.55. The maximum Gasteiger partial charge on any atom is 0.0732 e. The van der Waals surface area contributed by atoms with Crippen molar-refractivity contribution in [1.82, 2.24) is 0 Å². The normalized spacial score (nSPS) is 22.0. The van der Waals surface area contributed by atoms with Crippen molar-refractivity contribution in [2.24, 2.45) is 5.73 Å². The highest BCUT2D eigenvalue weighted by Crippen LogP contribution is 2.28. The van der Waals surface area contributed by atoms with Gasteiger partial charge in [0, 0.05) is 4.47 Å². The van der Waals surface area contributed by atoms with Crippen LogP contribution >= 0.6 is 15.9 Å². The van der Waals surface area contributed by atoms with Crippen LogP contribution in [0, 0.1) is 0 Å². The van der Waals surface area contributed by atoms with E-state index in [1.807, 2.05) is 12.1 Å². The molecule has 1 heterocycles. The van der Waals surface area contributed by atoms with Crippen molar-refractivity contribution in [1.29, 1.82) is 0 Å². The molecule has 3 heteroatoms. The van der Waals surface area contributed by atoms with Crippen LogP contribution in [0.4, 0.5) is 0 Å². The van der Waals surface area contributed by atoms with E-state index in [9.17, 15) is 0 Å². The molecule has 64 valence electrons. The minimum Gasteiger partial charge on any atom is -0.375 e. The van der Waals surface area contributed by atoms with Gasteiger partial charge in [-0.2, -0.15) is 0 Å². The topological polar surface area (TPSA) is 35.2 Å². The first-order chi connectivity index (χ1) is 5.79. The zero-order valence-electron chi connectivity index (χ0n) is 6.59. The summed E-state index contributed by atoms with van der Waals surface area (Å²) >= 11 is 3.47. The fraction of sp³-hybridized carbons (Fsp3) is 0.333. The van der Waals surface area contributed by atoms with Gasteiger partial charge in [0.1, 0.15) is 0 Å². The van der Waals surface area contributed by atoms with E-state index in [0.717, 1.165) is 4.47 Å². The Labute approximate surface area is 79.8 Å². The average Bonchev–Trinajstić information content (AvgIpc) is 2.07. The Morgan fingerprint density at radius 3 is 3.08 bits per heavy atom. The maximum absolute atomic E-state index is 5.87. The van der Waals surface area contributed by atoms with Gasteiger partial charge >= 0.3 is 0 Å². The van der Waals surface area contributed by atoms with E-state index in [-0.39, 0.29) is 6.04 Å². The molecule has 0 unspecified atom stereocenters. The van der Waals surface area contributed by atoms with Crippen LogP contribution in [0.15, 0.2) is 22.7 Å². The van der Waals surface area contributed by atoms with Gasteiger partial charge in [0.15, 0.2) is 0 Å². The minimum atomic E-state index is 0.0336. The molecule has 0 spiro atoms. The average molecular weight is 228 g/mol. The molecular weight excluding hydrogens is 218 g/mol. The molecule has 0 amide bonds. The number of ether oxygens (including phenoxy) is 1. The molecular formula is C9H10BrNO. The molecule has 1 aromatic rings. The fourth-order valence-corrected chi connectivity index (χ4v) is 1.95. The van der Waals surface area contributed by atoms with E-state index in [1.165, 1.54) is 11.1 Å². The van der Waals surface area contributed by atoms with Gasteiger partial charge in [-0.1, -0.05) is 28.1 Å². The maximum atomic E-state index is 5.87. The van der Waals surface area contributed by atoms with Crippen LogP contribution in [0.5, 0.6) is 0 Å². The van der Waals surface area contributed by atoms with Crippen molar-refractivity contribution >= 4 is 15.9 Å². The highest BCUT2D eigenvalue weighted by molar-refractivity contribution is 9.10. The molecule has 2 rings (SSSR count). The first-order valence-electron chi connectivity index (χ1n) is 3.89. The molecule has 2 N–H and O–H groups in total. The smallest absolute Gasteiger partial charge is 0.0732 e. The summed E-state index contributed by atoms with van der Waals surface area (Å²) in [7, 11) is 0. The number of rotatable bonds is 0. The zero-order valence-corrected chi connectivity index (χ0v) is 8.17. The summed E-state index contributed by atoms with van der Waals surface area (Å²) < 4.78 is 6.43. The van der Waals surface area contributed by atoms with E-state index >= 15 is 0 Å². The van der Waals surface area contributed by atoms with Crippen LogP contribution in [0.3, 0.4) is 0 Å². The molecule has 1 atom stereocenters. The molecule has 0 bridgehead atoms. The standard InChI is InChI=1S/C9H10BrNO/c10-8-3-1-2-6-7(8)4-12-5-9(6)11/h1-3,9H,4-5,11H2/t9-/m1/s1. The molecule has 12 heavy (non-hydrogen) atoms. The van der Waals surface area contributed by atoms with Crippen LogP contribution in [0.2, 0.25) is 0 Å². The molecule has 0 radical (unpaired) electrons. The number of benzene rings is 1. The van der Waals surface area contributed by atoms with Gasteiger partial charge in [-0.15, -0.1) is 0 Å². The van der Waals surface area contributed by atoms with Crippen LogP contribution in [-0.4, -0.2) is 6.61 Å². The Balaban J connectivity index is 2.52. The van der Waals surface area contributed by atoms with Crippen molar-refractivity contribution in [2.75, 3.05) is 6.61 Å². The SMILES string of the molecule is N[C@@H]1COCc2c(Br)cccc21. The second kappa shape index (κ2) is 3.17. The van der Waals surface area contributed by atoms with E-state index in [1.54, 1.807) is 0 Å². The Kier molecular flexibility index (Phi) is 2.17. The van der Waals surface area contributed by atoms with Crippen LogP contribution < -0.4 is 5.73 Å². The Morgan fingerprint density at radius 2 is 2.33 bits per heavy atom. The van der Waals surface area contributed by atoms with E-state index in [2.05, 4.69) is 22.0 Å². The fourth-order valence-electron chi connectivity index (χ4n) is 1.45. The summed E-state index contributed by atoms with van der Waals surface area (Å²) in [6, 6.07) is 6.12. The molecule has 0 fully saturated rings. The highest BCUT2D eigenvalue weighted by atomic mass is 79.9. The van der Waals surface area contributed by atoms with Crippen LogP contribution in [-0.2, 0) is 11.3 Å². The molecule has 1 aromatic carbocycles. The highest BCUT2D eigenvalue weighted by Gasteiger charge is 2.18. The number of nitrogens with two attached hydrogens (primary N) is 1. The van der Waals surface area contributed by atoms with Crippen molar-refractivity contribution in [3.05, 3.63) is 33.8 Å². The van der Waals surface area contributed by atoms with Crippen molar-refractivity contribution in [3.63, 3.8) is 0 Å². The lowest BCUT2D eigenvalue weighted by Crippen LogP contribution is -2.23. The molecule has 2 nitrogen and oxygen atoms in total. The van der Waals surface area contributed by atoms with E-state index in [4.69, 9.17) is 10.5 Å². The molecule has 0 saturated carbocycles. The van der Waals surface area contributed by atoms with Gasteiger partial charge in [0.05, 0.1) is 19.3 Å². The van der Waals surface area contributed by atoms with Crippen LogP contribution in [0.25, 0.3) is 0 Å². The quantitative estimate of drug-likeness (QED) is 0.736. The lowest BCUT2D eigenvalue weighted by Gasteiger charge is -2.23. The lowest BCUT2D eigenvalue weighted by molar-refractivity contribution is 0.0919. The minimum absolute atomic E-state index is 0.0336. The predicted molar refractivity (Wildman–Crippen MR) is 50.7 cm³/mol. The van der Waals surface area contributed by atoms with Gasteiger partial charge in [0.2, 0.25) is 0 Å². The summed E-state index contributed by atoms with van der Waals surface area (Å²) in [4.78, 5) is 0. The first-order valence-corrected chi connectivity index (χ1v) is 4.69. The molecule has 0 aliphatic carbocycles. The Bertz CT molecular complexity index is 301. The van der Waals surface area contributed by atoms with Crippen molar-refractivity contribution < 1.29 is 4.74 Å². The van der Waals surface area contributed by atoms with Gasteiger partial charge in [-0.3, -0.25) is 0 Å². The second-order valence-corrected chi connectivity index (χ2v) is 3.78. The monoisotopic (exact) mass is 227 g/mol. The molecule has 1 aliphatic rings. The summed E-state index contributed by atoms with van der Waals surface area (Å²) in [5, 5.41) is 0. The number of fused-ring (bicyclic) bond motifs is 1. The lowest BCUT2D eigenvalue weighted by atomic mass is 10.00.